The summed E-state index contributed by atoms with van der Waals surface area (Å²) in [5.74, 6) is -0.122. The molecule has 1 unspecified atom stereocenters. The van der Waals surface area contributed by atoms with Gasteiger partial charge in [-0.05, 0) is 37.1 Å². The number of carbonyl (C=O) groups excluding carboxylic acids is 2. The Kier molecular flexibility index (Phi) is 4.14. The summed E-state index contributed by atoms with van der Waals surface area (Å²) in [6.45, 7) is 4.42. The predicted octanol–water partition coefficient (Wildman–Crippen LogP) is 2.21. The minimum atomic E-state index is -0.290. The lowest BCUT2D eigenvalue weighted by Crippen LogP contribution is -2.31. The summed E-state index contributed by atoms with van der Waals surface area (Å²) in [6, 6.07) is 5.69. The normalized spacial score (nSPS) is 19.3. The minimum absolute atomic E-state index is 0.0588. The van der Waals surface area contributed by atoms with Gasteiger partial charge >= 0.3 is 0 Å². The third-order valence-electron chi connectivity index (χ3n) is 3.17. The van der Waals surface area contributed by atoms with Crippen LogP contribution in [0.1, 0.15) is 25.3 Å². The molecule has 1 heterocycles. The maximum atomic E-state index is 12.1. The van der Waals surface area contributed by atoms with Gasteiger partial charge in [-0.3, -0.25) is 14.5 Å². The second-order valence-corrected chi connectivity index (χ2v) is 5.99. The molecule has 19 heavy (non-hydrogen) atoms. The number of rotatable bonds is 4. The van der Waals surface area contributed by atoms with Crippen LogP contribution < -0.4 is 5.73 Å². The fourth-order valence-corrected chi connectivity index (χ4v) is 3.26. The quantitative estimate of drug-likeness (QED) is 0.677. The van der Waals surface area contributed by atoms with Crippen molar-refractivity contribution in [3.05, 3.63) is 23.8 Å². The zero-order chi connectivity index (χ0) is 14.0. The van der Waals surface area contributed by atoms with Crippen molar-refractivity contribution in [1.29, 1.82) is 0 Å². The molecule has 1 aliphatic heterocycles. The van der Waals surface area contributed by atoms with Gasteiger partial charge in [-0.2, -0.15) is 0 Å². The van der Waals surface area contributed by atoms with Crippen LogP contribution in [0, 0.1) is 6.92 Å². The van der Waals surface area contributed by atoms with Crippen LogP contribution in [-0.4, -0.2) is 28.5 Å². The van der Waals surface area contributed by atoms with Crippen LogP contribution in [0.4, 0.5) is 5.69 Å². The summed E-state index contributed by atoms with van der Waals surface area (Å²) in [5, 5.41) is -0.290. The van der Waals surface area contributed by atoms with E-state index < -0.39 is 0 Å². The van der Waals surface area contributed by atoms with E-state index in [-0.39, 0.29) is 17.1 Å². The fourth-order valence-electron chi connectivity index (χ4n) is 2.09. The van der Waals surface area contributed by atoms with E-state index in [1.54, 1.807) is 0 Å². The largest absolute Gasteiger partial charge is 0.399 e. The van der Waals surface area contributed by atoms with Crippen molar-refractivity contribution in [1.82, 2.24) is 4.90 Å². The van der Waals surface area contributed by atoms with Crippen molar-refractivity contribution in [3.8, 4) is 0 Å². The number of hydrogen-bond acceptors (Lipinski definition) is 4. The lowest BCUT2D eigenvalue weighted by molar-refractivity contribution is -0.138. The summed E-state index contributed by atoms with van der Waals surface area (Å²) in [4.78, 5) is 26.2. The van der Waals surface area contributed by atoms with Crippen LogP contribution in [-0.2, 0) is 9.59 Å². The van der Waals surface area contributed by atoms with Crippen molar-refractivity contribution in [2.75, 3.05) is 12.3 Å². The molecule has 0 aromatic heterocycles. The summed E-state index contributed by atoms with van der Waals surface area (Å²) >= 11 is 1.45. The van der Waals surface area contributed by atoms with Gasteiger partial charge in [0.25, 0.3) is 0 Å². The number of likely N-dealkylation sites (tertiary alicyclic amines) is 1. The Morgan fingerprint density at radius 1 is 1.42 bits per heavy atom. The SMILES string of the molecule is CCCN1C(=O)CC(Sc2ccc(N)c(C)c2)C1=O. The van der Waals surface area contributed by atoms with E-state index in [1.165, 1.54) is 16.7 Å². The molecule has 0 radical (unpaired) electrons. The molecule has 1 aliphatic rings. The number of aryl methyl sites for hydroxylation is 1. The number of carbonyl (C=O) groups is 2. The number of nitrogen functional groups attached to an aromatic ring is 1. The molecule has 2 rings (SSSR count). The number of benzene rings is 1. The van der Waals surface area contributed by atoms with Gasteiger partial charge in [0, 0.05) is 23.5 Å². The van der Waals surface area contributed by atoms with Crippen LogP contribution in [0.15, 0.2) is 23.1 Å². The maximum Gasteiger partial charge on any atom is 0.243 e. The first-order valence-corrected chi connectivity index (χ1v) is 7.28. The molecule has 102 valence electrons. The summed E-state index contributed by atoms with van der Waals surface area (Å²) < 4.78 is 0. The molecular formula is C14H18N2O2S. The standard InChI is InChI=1S/C14H18N2O2S/c1-3-6-16-13(17)8-12(14(16)18)19-10-4-5-11(15)9(2)7-10/h4-5,7,12H,3,6,8,15H2,1-2H3. The predicted molar refractivity (Wildman–Crippen MR) is 76.9 cm³/mol. The van der Waals surface area contributed by atoms with Gasteiger partial charge in [-0.25, -0.2) is 0 Å². The first-order valence-electron chi connectivity index (χ1n) is 6.40. The zero-order valence-electron chi connectivity index (χ0n) is 11.2. The van der Waals surface area contributed by atoms with Gasteiger partial charge in [0.1, 0.15) is 0 Å². The first-order chi connectivity index (χ1) is 9.02. The van der Waals surface area contributed by atoms with E-state index in [1.807, 2.05) is 32.0 Å². The van der Waals surface area contributed by atoms with Crippen molar-refractivity contribution in [3.63, 3.8) is 0 Å². The smallest absolute Gasteiger partial charge is 0.243 e. The summed E-state index contributed by atoms with van der Waals surface area (Å²) in [5.41, 5.74) is 7.50. The molecule has 1 aromatic rings. The Bertz CT molecular complexity index is 516. The topological polar surface area (TPSA) is 63.4 Å². The van der Waals surface area contributed by atoms with E-state index in [0.29, 0.717) is 13.0 Å². The number of hydrogen-bond donors (Lipinski definition) is 1. The average Bonchev–Trinajstić information content (AvgIpc) is 2.62. The van der Waals surface area contributed by atoms with Crippen LogP contribution in [0.3, 0.4) is 0 Å². The van der Waals surface area contributed by atoms with Crippen LogP contribution in [0.25, 0.3) is 0 Å². The summed E-state index contributed by atoms with van der Waals surface area (Å²) in [7, 11) is 0. The van der Waals surface area contributed by atoms with Crippen LogP contribution in [0.5, 0.6) is 0 Å². The molecule has 0 spiro atoms. The molecule has 1 fully saturated rings. The number of amides is 2. The minimum Gasteiger partial charge on any atom is -0.399 e. The number of thioether (sulfide) groups is 1. The Hall–Kier alpha value is -1.49. The summed E-state index contributed by atoms with van der Waals surface area (Å²) in [6.07, 6.45) is 1.10. The van der Waals surface area contributed by atoms with Gasteiger partial charge in [-0.15, -0.1) is 11.8 Å². The van der Waals surface area contributed by atoms with E-state index >= 15 is 0 Å². The molecule has 0 saturated carbocycles. The van der Waals surface area contributed by atoms with Gasteiger partial charge < -0.3 is 5.73 Å². The lowest BCUT2D eigenvalue weighted by atomic mass is 10.2. The molecule has 1 atom stereocenters. The third-order valence-corrected chi connectivity index (χ3v) is 4.35. The second-order valence-electron chi connectivity index (χ2n) is 4.71. The monoisotopic (exact) mass is 278 g/mol. The van der Waals surface area contributed by atoms with Crippen LogP contribution >= 0.6 is 11.8 Å². The zero-order valence-corrected chi connectivity index (χ0v) is 12.0. The van der Waals surface area contributed by atoms with Crippen molar-refractivity contribution in [2.24, 2.45) is 0 Å². The second kappa shape index (κ2) is 5.65. The van der Waals surface area contributed by atoms with E-state index in [9.17, 15) is 9.59 Å². The van der Waals surface area contributed by atoms with Gasteiger partial charge in [0.05, 0.1) is 5.25 Å². The molecule has 5 heteroatoms. The molecule has 2 N–H and O–H groups in total. The van der Waals surface area contributed by atoms with Crippen LogP contribution in [0.2, 0.25) is 0 Å². The molecule has 1 saturated heterocycles. The number of anilines is 1. The first kappa shape index (κ1) is 13.9. The van der Waals surface area contributed by atoms with E-state index in [2.05, 4.69) is 0 Å². The van der Waals surface area contributed by atoms with Gasteiger partial charge in [0.2, 0.25) is 11.8 Å². The Morgan fingerprint density at radius 2 is 2.16 bits per heavy atom. The van der Waals surface area contributed by atoms with Crippen molar-refractivity contribution in [2.45, 2.75) is 36.8 Å². The highest BCUT2D eigenvalue weighted by atomic mass is 32.2. The molecule has 0 aliphatic carbocycles. The number of imide groups is 1. The fraction of sp³-hybridized carbons (Fsp3) is 0.429. The number of nitrogens with zero attached hydrogens (tertiary/aromatic N) is 1. The molecular weight excluding hydrogens is 260 g/mol. The van der Waals surface area contributed by atoms with E-state index in [4.69, 9.17) is 5.73 Å². The highest BCUT2D eigenvalue weighted by Crippen LogP contribution is 2.32. The van der Waals surface area contributed by atoms with Gasteiger partial charge in [0.15, 0.2) is 0 Å². The van der Waals surface area contributed by atoms with E-state index in [0.717, 1.165) is 22.6 Å². The molecule has 2 amide bonds. The van der Waals surface area contributed by atoms with Crippen molar-refractivity contribution < 1.29 is 9.59 Å². The molecule has 4 nitrogen and oxygen atoms in total. The Balaban J connectivity index is 2.09. The highest BCUT2D eigenvalue weighted by Gasteiger charge is 2.38. The number of nitrogens with two attached hydrogens (primary N) is 1. The maximum absolute atomic E-state index is 12.1. The lowest BCUT2D eigenvalue weighted by Gasteiger charge is -2.13. The average molecular weight is 278 g/mol. The Labute approximate surface area is 117 Å². The molecule has 1 aromatic carbocycles. The van der Waals surface area contributed by atoms with Crippen molar-refractivity contribution >= 4 is 29.3 Å². The Morgan fingerprint density at radius 3 is 2.79 bits per heavy atom. The van der Waals surface area contributed by atoms with Gasteiger partial charge in [-0.1, -0.05) is 6.92 Å². The third kappa shape index (κ3) is 2.92. The highest BCUT2D eigenvalue weighted by molar-refractivity contribution is 8.00. The molecule has 0 bridgehead atoms.